The third-order valence-corrected chi connectivity index (χ3v) is 1.96. The molecule has 0 heterocycles. The average molecular weight is 202 g/mol. The fourth-order valence-electron chi connectivity index (χ4n) is 1.40. The first-order valence-electron chi connectivity index (χ1n) is 4.53. The minimum Gasteiger partial charge on any atom is -0.465 e. The normalized spacial score (nSPS) is 13.4. The van der Waals surface area contributed by atoms with Crippen molar-refractivity contribution in [1.82, 2.24) is 4.90 Å². The van der Waals surface area contributed by atoms with E-state index in [4.69, 9.17) is 10.8 Å². The summed E-state index contributed by atoms with van der Waals surface area (Å²) in [6, 6.07) is -0.757. The number of primary amides is 1. The summed E-state index contributed by atoms with van der Waals surface area (Å²) in [6.45, 7) is 6.92. The van der Waals surface area contributed by atoms with E-state index in [1.165, 1.54) is 0 Å². The van der Waals surface area contributed by atoms with E-state index in [1.807, 2.05) is 0 Å². The molecule has 1 atom stereocenters. The van der Waals surface area contributed by atoms with Gasteiger partial charge in [0.15, 0.2) is 0 Å². The fraction of sp³-hybridized carbons (Fsp3) is 0.778. The van der Waals surface area contributed by atoms with Gasteiger partial charge < -0.3 is 10.8 Å². The van der Waals surface area contributed by atoms with E-state index in [0.717, 1.165) is 4.90 Å². The summed E-state index contributed by atoms with van der Waals surface area (Å²) in [5.41, 5.74) is 4.52. The molecule has 2 amide bonds. The Morgan fingerprint density at radius 3 is 1.93 bits per heavy atom. The smallest absolute Gasteiger partial charge is 0.408 e. The molecule has 0 fully saturated rings. The quantitative estimate of drug-likeness (QED) is 0.716. The largest absolute Gasteiger partial charge is 0.465 e. The number of carbonyl (C=O) groups excluding carboxylic acids is 1. The van der Waals surface area contributed by atoms with Crippen LogP contribution in [-0.4, -0.2) is 33.6 Å². The summed E-state index contributed by atoms with van der Waals surface area (Å²) in [7, 11) is 0. The van der Waals surface area contributed by atoms with Crippen LogP contribution in [0.5, 0.6) is 0 Å². The molecule has 14 heavy (non-hydrogen) atoms. The van der Waals surface area contributed by atoms with Gasteiger partial charge in [-0.3, -0.25) is 9.69 Å². The van der Waals surface area contributed by atoms with Crippen molar-refractivity contribution >= 4 is 12.0 Å². The molecule has 0 aromatic heterocycles. The minimum absolute atomic E-state index is 0.388. The second-order valence-corrected chi connectivity index (χ2v) is 4.15. The highest BCUT2D eigenvalue weighted by molar-refractivity contribution is 5.84. The molecular formula is C9H18N2O3. The minimum atomic E-state index is -1.12. The van der Waals surface area contributed by atoms with E-state index in [9.17, 15) is 9.59 Å². The van der Waals surface area contributed by atoms with E-state index in [0.29, 0.717) is 6.42 Å². The zero-order valence-corrected chi connectivity index (χ0v) is 9.07. The highest BCUT2D eigenvalue weighted by atomic mass is 16.4. The molecule has 0 spiro atoms. The highest BCUT2D eigenvalue weighted by Crippen LogP contribution is 2.18. The van der Waals surface area contributed by atoms with Crippen LogP contribution >= 0.6 is 0 Å². The molecule has 5 heteroatoms. The summed E-state index contributed by atoms with van der Waals surface area (Å²) in [6.07, 6.45) is -0.734. The first-order chi connectivity index (χ1) is 6.21. The van der Waals surface area contributed by atoms with Gasteiger partial charge in [0.2, 0.25) is 5.91 Å². The molecule has 0 saturated carbocycles. The molecule has 0 rings (SSSR count). The van der Waals surface area contributed by atoms with Gasteiger partial charge in [-0.15, -0.1) is 0 Å². The molecule has 0 radical (unpaired) electrons. The van der Waals surface area contributed by atoms with Crippen LogP contribution in [-0.2, 0) is 4.79 Å². The first kappa shape index (κ1) is 12.7. The fourth-order valence-corrected chi connectivity index (χ4v) is 1.40. The van der Waals surface area contributed by atoms with Crippen LogP contribution < -0.4 is 5.73 Å². The topological polar surface area (TPSA) is 83.6 Å². The van der Waals surface area contributed by atoms with Gasteiger partial charge in [0, 0.05) is 5.54 Å². The Kier molecular flexibility index (Phi) is 3.92. The van der Waals surface area contributed by atoms with Gasteiger partial charge in [-0.2, -0.15) is 0 Å². The number of carboxylic acid groups (broad SMARTS) is 1. The maximum atomic E-state index is 11.0. The van der Waals surface area contributed by atoms with Crippen molar-refractivity contribution in [1.29, 1.82) is 0 Å². The summed E-state index contributed by atoms with van der Waals surface area (Å²) in [5.74, 6) is -0.607. The Balaban J connectivity index is 4.99. The first-order valence-corrected chi connectivity index (χ1v) is 4.53. The van der Waals surface area contributed by atoms with Gasteiger partial charge in [0.05, 0.1) is 0 Å². The van der Waals surface area contributed by atoms with Gasteiger partial charge in [-0.25, -0.2) is 4.79 Å². The van der Waals surface area contributed by atoms with Gasteiger partial charge in [-0.1, -0.05) is 6.92 Å². The maximum absolute atomic E-state index is 11.0. The Morgan fingerprint density at radius 1 is 1.43 bits per heavy atom. The molecular weight excluding hydrogens is 184 g/mol. The van der Waals surface area contributed by atoms with Gasteiger partial charge in [-0.05, 0) is 27.2 Å². The molecule has 0 unspecified atom stereocenters. The lowest BCUT2D eigenvalue weighted by atomic mass is 10.0. The summed E-state index contributed by atoms with van der Waals surface area (Å²) in [5, 5.41) is 8.98. The van der Waals surface area contributed by atoms with Crippen LogP contribution in [0.1, 0.15) is 34.1 Å². The number of carbonyl (C=O) groups is 2. The third kappa shape index (κ3) is 2.90. The van der Waals surface area contributed by atoms with E-state index in [-0.39, 0.29) is 0 Å². The van der Waals surface area contributed by atoms with E-state index in [2.05, 4.69) is 0 Å². The molecule has 0 aromatic carbocycles. The zero-order valence-electron chi connectivity index (χ0n) is 9.07. The molecule has 0 aliphatic carbocycles. The summed E-state index contributed by atoms with van der Waals surface area (Å²) < 4.78 is 0. The maximum Gasteiger partial charge on any atom is 0.408 e. The molecule has 0 saturated heterocycles. The van der Waals surface area contributed by atoms with Gasteiger partial charge in [0.25, 0.3) is 0 Å². The Labute approximate surface area is 83.9 Å². The predicted molar refractivity (Wildman–Crippen MR) is 52.9 cm³/mol. The van der Waals surface area contributed by atoms with E-state index >= 15 is 0 Å². The standard InChI is InChI=1S/C9H18N2O3/c1-5-6(7(10)12)11(8(13)14)9(2,3)4/h6H,5H2,1-4H3,(H2,10,12)(H,13,14)/t6-/m0/s1. The highest BCUT2D eigenvalue weighted by Gasteiger charge is 2.35. The van der Waals surface area contributed by atoms with Gasteiger partial charge in [0.1, 0.15) is 6.04 Å². The van der Waals surface area contributed by atoms with Crippen molar-refractivity contribution in [2.45, 2.75) is 45.7 Å². The van der Waals surface area contributed by atoms with Crippen LogP contribution in [0.25, 0.3) is 0 Å². The van der Waals surface area contributed by atoms with Crippen molar-refractivity contribution in [3.63, 3.8) is 0 Å². The van der Waals surface area contributed by atoms with Crippen molar-refractivity contribution in [2.75, 3.05) is 0 Å². The summed E-state index contributed by atoms with van der Waals surface area (Å²) in [4.78, 5) is 23.1. The summed E-state index contributed by atoms with van der Waals surface area (Å²) >= 11 is 0. The monoisotopic (exact) mass is 202 g/mol. The van der Waals surface area contributed by atoms with Crippen molar-refractivity contribution < 1.29 is 14.7 Å². The number of hydrogen-bond acceptors (Lipinski definition) is 2. The lowest BCUT2D eigenvalue weighted by Gasteiger charge is -2.37. The van der Waals surface area contributed by atoms with Crippen LogP contribution in [0.15, 0.2) is 0 Å². The number of nitrogens with zero attached hydrogens (tertiary/aromatic N) is 1. The van der Waals surface area contributed by atoms with Crippen molar-refractivity contribution in [2.24, 2.45) is 5.73 Å². The molecule has 0 aliphatic heterocycles. The van der Waals surface area contributed by atoms with Crippen LogP contribution in [0.3, 0.4) is 0 Å². The average Bonchev–Trinajstić information content (AvgIpc) is 1.95. The number of nitrogens with two attached hydrogens (primary N) is 1. The van der Waals surface area contributed by atoms with Gasteiger partial charge >= 0.3 is 6.09 Å². The SMILES string of the molecule is CC[C@@H](C(N)=O)N(C(=O)O)C(C)(C)C. The predicted octanol–water partition coefficient (Wildman–Crippen LogP) is 1.03. The number of rotatable bonds is 3. The molecule has 82 valence electrons. The lowest BCUT2D eigenvalue weighted by Crippen LogP contribution is -2.55. The lowest BCUT2D eigenvalue weighted by molar-refractivity contribution is -0.124. The van der Waals surface area contributed by atoms with E-state index < -0.39 is 23.6 Å². The Morgan fingerprint density at radius 2 is 1.86 bits per heavy atom. The van der Waals surface area contributed by atoms with Crippen LogP contribution in [0.4, 0.5) is 4.79 Å². The van der Waals surface area contributed by atoms with Crippen LogP contribution in [0.2, 0.25) is 0 Å². The molecule has 5 nitrogen and oxygen atoms in total. The second-order valence-electron chi connectivity index (χ2n) is 4.15. The molecule has 3 N–H and O–H groups in total. The van der Waals surface area contributed by atoms with Crippen LogP contribution in [0, 0.1) is 0 Å². The molecule has 0 aliphatic rings. The Hall–Kier alpha value is -1.26. The molecule has 0 aromatic rings. The Bertz CT molecular complexity index is 233. The number of hydrogen-bond donors (Lipinski definition) is 2. The van der Waals surface area contributed by atoms with E-state index in [1.54, 1.807) is 27.7 Å². The van der Waals surface area contributed by atoms with Crippen molar-refractivity contribution in [3.8, 4) is 0 Å². The molecule has 0 bridgehead atoms. The number of amides is 2. The third-order valence-electron chi connectivity index (χ3n) is 1.96. The zero-order chi connectivity index (χ0) is 11.5. The van der Waals surface area contributed by atoms with Crippen molar-refractivity contribution in [3.05, 3.63) is 0 Å². The second kappa shape index (κ2) is 4.30.